The smallest absolute Gasteiger partial charge is 0.259 e. The molecule has 5 aromatic rings. The van der Waals surface area contributed by atoms with Crippen molar-refractivity contribution in [2.45, 2.75) is 25.7 Å². The largest absolute Gasteiger partial charge is 0.383 e. The van der Waals surface area contributed by atoms with E-state index in [-0.39, 0.29) is 10.9 Å². The maximum absolute atomic E-state index is 14.8. The lowest BCUT2D eigenvalue weighted by Crippen LogP contribution is -2.22. The molecule has 0 fully saturated rings. The first-order valence-corrected chi connectivity index (χ1v) is 14.8. The molecule has 5 rings (SSSR count). The Morgan fingerprint density at radius 3 is 2.21 bits per heavy atom. The Hall–Kier alpha value is -4.11. The van der Waals surface area contributed by atoms with Crippen LogP contribution in [0.5, 0.6) is 0 Å². The van der Waals surface area contributed by atoms with Gasteiger partial charge in [0, 0.05) is 12.1 Å². The Kier molecular flexibility index (Phi) is 10.3. The van der Waals surface area contributed by atoms with Crippen molar-refractivity contribution in [2.75, 3.05) is 44.6 Å². The molecule has 0 aliphatic rings. The number of hydrogen-bond donors (Lipinski definition) is 5. The van der Waals surface area contributed by atoms with Crippen molar-refractivity contribution < 1.29 is 4.39 Å². The number of H-pyrrole nitrogens is 1. The quantitative estimate of drug-likeness (QED) is 0.105. The summed E-state index contributed by atoms with van der Waals surface area (Å²) in [5.41, 5.74) is 8.94. The zero-order chi connectivity index (χ0) is 29.1. The summed E-state index contributed by atoms with van der Waals surface area (Å²) in [4.78, 5) is 20.4. The highest BCUT2D eigenvalue weighted by molar-refractivity contribution is 5.96. The predicted octanol–water partition coefficient (Wildman–Crippen LogP) is 5.66. The molecule has 0 aliphatic heterocycles. The number of nitrogens with one attached hydrogen (secondary N) is 4. The lowest BCUT2D eigenvalue weighted by Gasteiger charge is -2.11. The summed E-state index contributed by atoms with van der Waals surface area (Å²) >= 11 is 0. The van der Waals surface area contributed by atoms with Crippen LogP contribution in [0.25, 0.3) is 44.2 Å². The fraction of sp³-hybridized carbons (Fsp3) is 0.294. The summed E-state index contributed by atoms with van der Waals surface area (Å²) in [7, 11) is 0. The molecule has 0 saturated heterocycles. The van der Waals surface area contributed by atoms with Crippen molar-refractivity contribution in [3.8, 4) is 22.5 Å². The molecule has 42 heavy (non-hydrogen) atoms. The van der Waals surface area contributed by atoms with Gasteiger partial charge in [-0.15, -0.1) is 0 Å². The first kappa shape index (κ1) is 29.4. The fourth-order valence-electron chi connectivity index (χ4n) is 5.13. The second-order valence-electron chi connectivity index (χ2n) is 10.5. The van der Waals surface area contributed by atoms with Gasteiger partial charge in [0.05, 0.1) is 16.6 Å². The minimum atomic E-state index is -0.461. The molecule has 0 bridgehead atoms. The second-order valence-corrected chi connectivity index (χ2v) is 10.5. The van der Waals surface area contributed by atoms with E-state index in [9.17, 15) is 9.18 Å². The molecule has 0 unspecified atom stereocenters. The minimum Gasteiger partial charge on any atom is -0.383 e. The first-order valence-electron chi connectivity index (χ1n) is 14.8. The van der Waals surface area contributed by atoms with E-state index in [0.717, 1.165) is 75.1 Å². The number of hydrogen-bond acceptors (Lipinski definition) is 6. The molecule has 1 heterocycles. The van der Waals surface area contributed by atoms with E-state index in [4.69, 9.17) is 5.73 Å². The number of aromatic nitrogens is 2. The third-order valence-electron chi connectivity index (χ3n) is 7.41. The van der Waals surface area contributed by atoms with E-state index in [1.165, 1.54) is 16.8 Å². The third-order valence-corrected chi connectivity index (χ3v) is 7.41. The van der Waals surface area contributed by atoms with Crippen LogP contribution in [0.2, 0.25) is 0 Å². The summed E-state index contributed by atoms with van der Waals surface area (Å²) in [5.74, 6) is -0.00890. The Balaban J connectivity index is 1.20. The molecule has 0 atom stereocenters. The van der Waals surface area contributed by atoms with Gasteiger partial charge >= 0.3 is 0 Å². The van der Waals surface area contributed by atoms with Gasteiger partial charge in [-0.05, 0) is 92.4 Å². The lowest BCUT2D eigenvalue weighted by molar-refractivity contribution is 0.571. The normalized spacial score (nSPS) is 11.4. The summed E-state index contributed by atoms with van der Waals surface area (Å²) in [5, 5.41) is 12.6. The van der Waals surface area contributed by atoms with E-state index < -0.39 is 5.82 Å². The van der Waals surface area contributed by atoms with Crippen molar-refractivity contribution in [3.05, 3.63) is 95.0 Å². The molecule has 218 valence electrons. The lowest BCUT2D eigenvalue weighted by atomic mass is 9.97. The Morgan fingerprint density at radius 2 is 1.43 bits per heavy atom. The molecule has 6 N–H and O–H groups in total. The zero-order valence-electron chi connectivity index (χ0n) is 23.9. The number of halogens is 1. The average Bonchev–Trinajstić information content (AvgIpc) is 3.02. The van der Waals surface area contributed by atoms with E-state index >= 15 is 0 Å². The third kappa shape index (κ3) is 7.39. The van der Waals surface area contributed by atoms with Gasteiger partial charge in [-0.3, -0.25) is 4.79 Å². The first-order chi connectivity index (χ1) is 20.6. The van der Waals surface area contributed by atoms with Gasteiger partial charge in [-0.25, -0.2) is 9.37 Å². The van der Waals surface area contributed by atoms with Crippen LogP contribution in [0.3, 0.4) is 0 Å². The predicted molar refractivity (Wildman–Crippen MR) is 172 cm³/mol. The Labute approximate surface area is 245 Å². The highest BCUT2D eigenvalue weighted by atomic mass is 19.1. The number of anilines is 1. The van der Waals surface area contributed by atoms with Crippen LogP contribution in [-0.2, 0) is 0 Å². The number of aromatic amines is 1. The van der Waals surface area contributed by atoms with Crippen molar-refractivity contribution in [1.29, 1.82) is 0 Å². The van der Waals surface area contributed by atoms with E-state index in [2.05, 4.69) is 56.3 Å². The SMILES string of the molecule is NCCCNCCCCNCCCNc1cc2nc(-c3ccc(-c4cccc5ccccc45)cc3)[nH]c(=O)c2cc1F. The van der Waals surface area contributed by atoms with Crippen LogP contribution in [0.4, 0.5) is 10.1 Å². The Bertz CT molecular complexity index is 1660. The monoisotopic (exact) mass is 566 g/mol. The van der Waals surface area contributed by atoms with Crippen molar-refractivity contribution >= 4 is 27.4 Å². The van der Waals surface area contributed by atoms with Crippen LogP contribution < -0.4 is 27.2 Å². The molecule has 1 aromatic heterocycles. The highest BCUT2D eigenvalue weighted by Gasteiger charge is 2.12. The highest BCUT2D eigenvalue weighted by Crippen LogP contribution is 2.30. The molecule has 4 aromatic carbocycles. The van der Waals surface area contributed by atoms with Gasteiger partial charge in [0.15, 0.2) is 0 Å². The molecular weight excluding hydrogens is 527 g/mol. The maximum atomic E-state index is 14.8. The number of nitrogens with two attached hydrogens (primary N) is 1. The number of unbranched alkanes of at least 4 members (excludes halogenated alkanes) is 1. The van der Waals surface area contributed by atoms with Crippen LogP contribution >= 0.6 is 0 Å². The van der Waals surface area contributed by atoms with Crippen LogP contribution in [0.15, 0.2) is 83.7 Å². The molecule has 8 heteroatoms. The second kappa shape index (κ2) is 14.7. The van der Waals surface area contributed by atoms with Gasteiger partial charge in [-0.1, -0.05) is 66.7 Å². The molecule has 0 aliphatic carbocycles. The molecule has 0 amide bonds. The summed E-state index contributed by atoms with van der Waals surface area (Å²) < 4.78 is 14.8. The van der Waals surface area contributed by atoms with E-state index in [0.29, 0.717) is 23.6 Å². The summed E-state index contributed by atoms with van der Waals surface area (Å²) in [6, 6.07) is 25.4. The Morgan fingerprint density at radius 1 is 0.738 bits per heavy atom. The standard InChI is InChI=1S/C34H39FN6O/c35-30-22-29-31(23-32(30)39-21-7-20-38-18-4-3-17-37-19-6-16-36)40-33(41-34(29)42)26-14-12-25(13-15-26)28-11-5-9-24-8-1-2-10-27(24)28/h1-2,5,8-15,22-23,37-39H,3-4,6-7,16-21,36H2,(H,40,41,42). The summed E-state index contributed by atoms with van der Waals surface area (Å²) in [6.07, 6.45) is 4.10. The fourth-order valence-corrected chi connectivity index (χ4v) is 5.13. The van der Waals surface area contributed by atoms with Crippen LogP contribution in [-0.4, -0.2) is 49.2 Å². The van der Waals surface area contributed by atoms with E-state index in [1.54, 1.807) is 6.07 Å². The van der Waals surface area contributed by atoms with Gasteiger partial charge in [-0.2, -0.15) is 0 Å². The minimum absolute atomic E-state index is 0.230. The number of benzene rings is 4. The maximum Gasteiger partial charge on any atom is 0.259 e. The van der Waals surface area contributed by atoms with Crippen molar-refractivity contribution in [1.82, 2.24) is 20.6 Å². The topological polar surface area (TPSA) is 108 Å². The molecule has 0 spiro atoms. The van der Waals surface area contributed by atoms with E-state index in [1.807, 2.05) is 36.4 Å². The molecule has 0 saturated carbocycles. The molecule has 0 radical (unpaired) electrons. The van der Waals surface area contributed by atoms with Crippen molar-refractivity contribution in [2.24, 2.45) is 5.73 Å². The van der Waals surface area contributed by atoms with Gasteiger partial charge < -0.3 is 26.7 Å². The van der Waals surface area contributed by atoms with Gasteiger partial charge in [0.25, 0.3) is 5.56 Å². The number of fused-ring (bicyclic) bond motifs is 2. The van der Waals surface area contributed by atoms with Crippen LogP contribution in [0.1, 0.15) is 25.7 Å². The van der Waals surface area contributed by atoms with Crippen LogP contribution in [0, 0.1) is 5.82 Å². The zero-order valence-corrected chi connectivity index (χ0v) is 23.9. The number of rotatable bonds is 15. The van der Waals surface area contributed by atoms with Crippen molar-refractivity contribution in [3.63, 3.8) is 0 Å². The molecule has 7 nitrogen and oxygen atoms in total. The van der Waals surface area contributed by atoms with Gasteiger partial charge in [0.1, 0.15) is 11.6 Å². The average molecular weight is 567 g/mol. The summed E-state index contributed by atoms with van der Waals surface area (Å²) in [6.45, 7) is 5.14. The van der Waals surface area contributed by atoms with Gasteiger partial charge in [0.2, 0.25) is 0 Å². The number of nitrogens with zero attached hydrogens (tertiary/aromatic N) is 1. The molecular formula is C34H39FN6O.